The van der Waals surface area contributed by atoms with Gasteiger partial charge in [-0.05, 0) is 71.8 Å². The van der Waals surface area contributed by atoms with Crippen LogP contribution in [0, 0.1) is 0 Å². The minimum atomic E-state index is 0.730. The van der Waals surface area contributed by atoms with Crippen molar-refractivity contribution in [2.75, 3.05) is 0 Å². The maximum atomic E-state index is 6.06. The average molecular weight is 429 g/mol. The zero-order chi connectivity index (χ0) is 18.8. The topological polar surface area (TPSA) is 0 Å². The Morgan fingerprint density at radius 2 is 0.741 bits per heavy atom. The van der Waals surface area contributed by atoms with Gasteiger partial charge in [0.1, 0.15) is 0 Å². The molecular weight excluding hydrogens is 415 g/mol. The molecule has 4 aromatic rings. The number of benzene rings is 3. The summed E-state index contributed by atoms with van der Waals surface area (Å²) in [7, 11) is 0. The second kappa shape index (κ2) is 8.00. The van der Waals surface area contributed by atoms with Gasteiger partial charge in [-0.25, -0.2) is 0 Å². The van der Waals surface area contributed by atoms with E-state index in [9.17, 15) is 0 Å². The van der Waals surface area contributed by atoms with E-state index in [1.165, 1.54) is 9.75 Å². The normalized spacial score (nSPS) is 10.8. The van der Waals surface area contributed by atoms with Crippen LogP contribution in [0.4, 0.5) is 0 Å². The van der Waals surface area contributed by atoms with Crippen LogP contribution < -0.4 is 0 Å². The van der Waals surface area contributed by atoms with Crippen molar-refractivity contribution in [1.29, 1.82) is 0 Å². The summed E-state index contributed by atoms with van der Waals surface area (Å²) in [4.78, 5) is 2.34. The fourth-order valence-corrected chi connectivity index (χ4v) is 4.32. The molecule has 0 saturated heterocycles. The van der Waals surface area contributed by atoms with E-state index in [0.29, 0.717) is 0 Å². The van der Waals surface area contributed by atoms with E-state index in [1.807, 2.05) is 72.8 Å². The molecule has 0 aliphatic heterocycles. The smallest absolute Gasteiger partial charge is 0.0843 e. The Labute approximate surface area is 177 Å². The fourth-order valence-electron chi connectivity index (χ4n) is 2.82. The molecule has 1 aromatic heterocycles. The third-order valence-corrected chi connectivity index (χ3v) is 6.13. The lowest BCUT2D eigenvalue weighted by Crippen LogP contribution is -1.83. The minimum absolute atomic E-state index is 0.730. The van der Waals surface area contributed by atoms with Crippen LogP contribution in [-0.2, 0) is 0 Å². The van der Waals surface area contributed by atoms with Gasteiger partial charge in [0.25, 0.3) is 0 Å². The number of rotatable bonds is 3. The summed E-state index contributed by atoms with van der Waals surface area (Å²) >= 11 is 19.9. The molecule has 27 heavy (non-hydrogen) atoms. The van der Waals surface area contributed by atoms with Crippen LogP contribution >= 0.6 is 46.1 Å². The summed E-state index contributed by atoms with van der Waals surface area (Å²) in [5.74, 6) is 0. The molecule has 0 aliphatic rings. The summed E-state index contributed by atoms with van der Waals surface area (Å²) in [6.45, 7) is 0. The first-order valence-electron chi connectivity index (χ1n) is 8.34. The second-order valence-corrected chi connectivity index (χ2v) is 8.49. The van der Waals surface area contributed by atoms with Gasteiger partial charge in [0.2, 0.25) is 21.1 Å². The van der Waals surface area contributed by atoms with Gasteiger partial charge < -0.3 is 0 Å². The van der Waals surface area contributed by atoms with E-state index < -0.39 is 0 Å². The van der Waals surface area contributed by atoms with E-state index in [-0.39, 0.29) is 0 Å². The molecule has 0 atom stereocenters. The Bertz CT molecular complexity index is 916. The van der Waals surface area contributed by atoms with Crippen LogP contribution in [0.2, 0.25) is 15.1 Å². The maximum Gasteiger partial charge on any atom is 0.239 e. The highest BCUT2D eigenvalue weighted by Crippen LogP contribution is 2.38. The lowest BCUT2D eigenvalue weighted by atomic mass is 10.0. The highest BCUT2D eigenvalue weighted by atomic mass is 35.5. The van der Waals surface area contributed by atoms with Crippen LogP contribution in [0.15, 0.2) is 84.9 Å². The predicted molar refractivity (Wildman–Crippen MR) is 120 cm³/mol. The summed E-state index contributed by atoms with van der Waals surface area (Å²) in [6, 6.07) is 28.2. The van der Waals surface area contributed by atoms with Crippen molar-refractivity contribution >= 4 is 46.1 Å². The molecule has 0 nitrogen and oxygen atoms in total. The van der Waals surface area contributed by atoms with E-state index in [0.717, 1.165) is 37.3 Å². The molecule has 0 aliphatic carbocycles. The fraction of sp³-hybridized carbons (Fsp3) is 0. The van der Waals surface area contributed by atoms with Gasteiger partial charge in [-0.3, -0.25) is 0 Å². The first kappa shape index (κ1) is 18.5. The van der Waals surface area contributed by atoms with Crippen molar-refractivity contribution in [2.24, 2.45) is 0 Å². The molecule has 4 rings (SSSR count). The van der Waals surface area contributed by atoms with Crippen LogP contribution in [0.25, 0.3) is 32.0 Å². The van der Waals surface area contributed by atoms with Crippen LogP contribution in [0.5, 0.6) is 0 Å². The van der Waals surface area contributed by atoms with E-state index in [1.54, 1.807) is 11.3 Å². The molecule has 0 amide bonds. The third kappa shape index (κ3) is 4.34. The molecule has 0 radical (unpaired) electrons. The zero-order valence-electron chi connectivity index (χ0n) is 14.1. The molecule has 132 valence electrons. The van der Waals surface area contributed by atoms with Crippen molar-refractivity contribution < 1.29 is 0 Å². The third-order valence-electron chi connectivity index (χ3n) is 4.23. The second-order valence-electron chi connectivity index (χ2n) is 6.10. The molecule has 0 bridgehead atoms. The minimum Gasteiger partial charge on any atom is -0.0843 e. The first-order valence-corrected chi connectivity index (χ1v) is 10.3. The quantitative estimate of drug-likeness (QED) is 0.285. The highest BCUT2D eigenvalue weighted by molar-refractivity contribution is 7.18. The van der Waals surface area contributed by atoms with Crippen molar-refractivity contribution in [2.45, 2.75) is 0 Å². The monoisotopic (exact) mass is 427 g/mol. The van der Waals surface area contributed by atoms with Crippen LogP contribution in [0.1, 0.15) is 0 Å². The number of hydrogen-bond donors (Lipinski definition) is 0. The molecule has 0 N–H and O–H groups in total. The van der Waals surface area contributed by atoms with Crippen molar-refractivity contribution in [3.8, 4) is 32.0 Å². The number of halogens is 3. The lowest BCUT2D eigenvalue weighted by molar-refractivity contribution is 1.62. The first-order chi connectivity index (χ1) is 13.1. The Hall–Kier alpha value is -1.90. The van der Waals surface area contributed by atoms with E-state index in [2.05, 4.69) is 12.1 Å². The summed E-state index contributed by atoms with van der Waals surface area (Å²) < 4.78 is 0. The van der Waals surface area contributed by atoms with Gasteiger partial charge >= 0.3 is 0 Å². The molecular formula is C23H14Cl3S+. The van der Waals surface area contributed by atoms with Gasteiger partial charge in [-0.1, -0.05) is 46.9 Å². The molecule has 0 unspecified atom stereocenters. The Kier molecular flexibility index (Phi) is 5.47. The predicted octanol–water partition coefficient (Wildman–Crippen LogP) is 8.99. The standard InChI is InChI=1S/C23H14Cl3S/c24-19-7-1-15(2-8-19)18-13-22(16-3-9-20(25)10-4-16)27-23(14-18)17-5-11-21(26)12-6-17/h1-14H/q+1. The van der Waals surface area contributed by atoms with Crippen LogP contribution in [0.3, 0.4) is 0 Å². The van der Waals surface area contributed by atoms with Crippen molar-refractivity contribution in [1.82, 2.24) is 0 Å². The molecule has 0 fully saturated rings. The van der Waals surface area contributed by atoms with Gasteiger partial charge in [-0.2, -0.15) is 0 Å². The highest BCUT2D eigenvalue weighted by Gasteiger charge is 2.19. The summed E-state index contributed by atoms with van der Waals surface area (Å²) in [5, 5.41) is 2.19. The van der Waals surface area contributed by atoms with Crippen molar-refractivity contribution in [3.63, 3.8) is 0 Å². The maximum absolute atomic E-state index is 6.06. The SMILES string of the molecule is Clc1ccc(-c2cc(-c3ccc(Cl)cc3)[s+]c(-c3ccc(Cl)cc3)c2)cc1. The zero-order valence-corrected chi connectivity index (χ0v) is 17.2. The molecule has 0 spiro atoms. The largest absolute Gasteiger partial charge is 0.239 e. The molecule has 3 aromatic carbocycles. The van der Waals surface area contributed by atoms with Crippen LogP contribution in [-0.4, -0.2) is 0 Å². The summed E-state index contributed by atoms with van der Waals surface area (Å²) in [6.07, 6.45) is 0. The van der Waals surface area contributed by atoms with Gasteiger partial charge in [0.05, 0.1) is 0 Å². The average Bonchev–Trinajstić information content (AvgIpc) is 2.69. The molecule has 4 heteroatoms. The summed E-state index contributed by atoms with van der Waals surface area (Å²) in [5.41, 5.74) is 4.53. The lowest BCUT2D eigenvalue weighted by Gasteiger charge is -2.04. The molecule has 1 heterocycles. The molecule has 0 saturated carbocycles. The van der Waals surface area contributed by atoms with Gasteiger partial charge in [-0.15, -0.1) is 0 Å². The Balaban J connectivity index is 1.89. The van der Waals surface area contributed by atoms with Crippen molar-refractivity contribution in [3.05, 3.63) is 100.0 Å². The van der Waals surface area contributed by atoms with E-state index >= 15 is 0 Å². The van der Waals surface area contributed by atoms with E-state index in [4.69, 9.17) is 34.8 Å². The number of hydrogen-bond acceptors (Lipinski definition) is 0. The van der Waals surface area contributed by atoms with Gasteiger partial charge in [0.15, 0.2) is 0 Å². The Morgan fingerprint density at radius 3 is 1.11 bits per heavy atom. The Morgan fingerprint density at radius 1 is 0.407 bits per heavy atom. The van der Waals surface area contributed by atoms with Gasteiger partial charge in [0, 0.05) is 38.3 Å².